The average molecular weight is 330 g/mol. The van der Waals surface area contributed by atoms with Crippen molar-refractivity contribution in [2.75, 3.05) is 6.54 Å². The zero-order chi connectivity index (χ0) is 17.8. The molecule has 0 saturated heterocycles. The van der Waals surface area contributed by atoms with E-state index in [-0.39, 0.29) is 0 Å². The molecule has 0 saturated carbocycles. The van der Waals surface area contributed by atoms with Crippen molar-refractivity contribution in [2.24, 2.45) is 16.5 Å². The van der Waals surface area contributed by atoms with Gasteiger partial charge in [-0.2, -0.15) is 0 Å². The van der Waals surface area contributed by atoms with Crippen LogP contribution < -0.4 is 11.5 Å². The fourth-order valence-corrected chi connectivity index (χ4v) is 1.96. The van der Waals surface area contributed by atoms with Gasteiger partial charge < -0.3 is 21.0 Å². The summed E-state index contributed by atoms with van der Waals surface area (Å²) in [7, 11) is 0. The highest BCUT2D eigenvalue weighted by Gasteiger charge is 2.13. The number of furan rings is 1. The quantitative estimate of drug-likeness (QED) is 0.455. The van der Waals surface area contributed by atoms with Gasteiger partial charge in [-0.25, -0.2) is 4.79 Å². The van der Waals surface area contributed by atoms with Crippen LogP contribution in [-0.2, 0) is 4.79 Å². The molecule has 128 valence electrons. The molecule has 0 aliphatic rings. The van der Waals surface area contributed by atoms with Crippen LogP contribution in [0.3, 0.4) is 0 Å². The highest BCUT2D eigenvalue weighted by molar-refractivity contribution is 5.84. The number of carbonyl (C=O) groups is 1. The molecule has 6 N–H and O–H groups in total. The molecule has 7 nitrogen and oxygen atoms in total. The summed E-state index contributed by atoms with van der Waals surface area (Å²) < 4.78 is 5.32. The van der Waals surface area contributed by atoms with E-state index < -0.39 is 12.0 Å². The van der Waals surface area contributed by atoms with Crippen molar-refractivity contribution in [3.8, 4) is 0 Å². The first-order chi connectivity index (χ1) is 11.6. The van der Waals surface area contributed by atoms with Gasteiger partial charge in [0.05, 0.1) is 12.6 Å². The van der Waals surface area contributed by atoms with Crippen LogP contribution in [0.4, 0.5) is 0 Å². The first kappa shape index (κ1) is 19.1. The standard InChI is InChI=1S/C16H18N2O3.CH4N2/c17-8-1-4-14(16(19)20)18-9-2-3-12-5-6-13-7-10-21-15(13)11-12;2-1-3/h2-3,5-7,9-11,14H,1,4,8,17H2,(H,19,20);1H,(H3,2,3)/b3-2+,18-9?;. The summed E-state index contributed by atoms with van der Waals surface area (Å²) in [5.74, 6) is -0.926. The van der Waals surface area contributed by atoms with Crippen molar-refractivity contribution in [1.82, 2.24) is 0 Å². The molecule has 0 radical (unpaired) electrons. The van der Waals surface area contributed by atoms with Crippen LogP contribution in [0, 0.1) is 5.41 Å². The predicted octanol–water partition coefficient (Wildman–Crippen LogP) is 2.26. The maximum Gasteiger partial charge on any atom is 0.328 e. The minimum atomic E-state index is -0.926. The number of nitrogens with zero attached hydrogens (tertiary/aromatic N) is 1. The van der Waals surface area contributed by atoms with Gasteiger partial charge in [0, 0.05) is 11.6 Å². The fourth-order valence-electron chi connectivity index (χ4n) is 1.96. The lowest BCUT2D eigenvalue weighted by atomic mass is 10.1. The summed E-state index contributed by atoms with van der Waals surface area (Å²) in [6.45, 7) is 0.471. The third-order valence-electron chi connectivity index (χ3n) is 3.09. The lowest BCUT2D eigenvalue weighted by Crippen LogP contribution is -2.19. The molecule has 24 heavy (non-hydrogen) atoms. The van der Waals surface area contributed by atoms with Gasteiger partial charge in [0.1, 0.15) is 11.6 Å². The van der Waals surface area contributed by atoms with Gasteiger partial charge in [-0.1, -0.05) is 18.2 Å². The molecule has 2 aromatic rings. The molecule has 0 aliphatic heterocycles. The lowest BCUT2D eigenvalue weighted by Gasteiger charge is -2.04. The monoisotopic (exact) mass is 330 g/mol. The van der Waals surface area contributed by atoms with Gasteiger partial charge >= 0.3 is 5.97 Å². The van der Waals surface area contributed by atoms with E-state index in [0.717, 1.165) is 22.9 Å². The number of nitrogens with two attached hydrogens (primary N) is 2. The second-order valence-electron chi connectivity index (χ2n) is 4.83. The highest BCUT2D eigenvalue weighted by atomic mass is 16.4. The maximum atomic E-state index is 11.0. The third kappa shape index (κ3) is 6.45. The van der Waals surface area contributed by atoms with Gasteiger partial charge in [-0.05, 0) is 43.2 Å². The van der Waals surface area contributed by atoms with Crippen molar-refractivity contribution < 1.29 is 14.3 Å². The molecule has 1 unspecified atom stereocenters. The molecular formula is C17H22N4O3. The van der Waals surface area contributed by atoms with E-state index in [4.69, 9.17) is 20.7 Å². The lowest BCUT2D eigenvalue weighted by molar-refractivity contribution is -0.138. The van der Waals surface area contributed by atoms with Gasteiger partial charge in [0.15, 0.2) is 0 Å². The number of nitrogens with one attached hydrogen (secondary N) is 1. The number of carboxylic acid groups (broad SMARTS) is 1. The van der Waals surface area contributed by atoms with Crippen LogP contribution in [0.2, 0.25) is 0 Å². The smallest absolute Gasteiger partial charge is 0.328 e. The molecule has 0 fully saturated rings. The van der Waals surface area contributed by atoms with Gasteiger partial charge in [-0.3, -0.25) is 10.4 Å². The summed E-state index contributed by atoms with van der Waals surface area (Å²) >= 11 is 0. The fraction of sp³-hybridized carbons (Fsp3) is 0.235. The van der Waals surface area contributed by atoms with Crippen molar-refractivity contribution >= 4 is 35.6 Å². The summed E-state index contributed by atoms with van der Waals surface area (Å²) in [4.78, 5) is 15.0. The number of aliphatic imine (C=N–C) groups is 1. The number of fused-ring (bicyclic) bond motifs is 1. The van der Waals surface area contributed by atoms with Gasteiger partial charge in [0.2, 0.25) is 0 Å². The van der Waals surface area contributed by atoms with Crippen molar-refractivity contribution in [1.29, 1.82) is 5.41 Å². The molecule has 1 aromatic heterocycles. The molecule has 0 aliphatic carbocycles. The SMILES string of the molecule is N=CN.NCCCC(N=C/C=C/c1ccc2ccoc2c1)C(=O)O. The predicted molar refractivity (Wildman–Crippen MR) is 96.4 cm³/mol. The molecule has 7 heteroatoms. The van der Waals surface area contributed by atoms with Crippen LogP contribution in [-0.4, -0.2) is 36.2 Å². The van der Waals surface area contributed by atoms with Crippen LogP contribution >= 0.6 is 0 Å². The Morgan fingerprint density at radius 2 is 2.17 bits per heavy atom. The summed E-state index contributed by atoms with van der Waals surface area (Å²) in [6.07, 6.45) is 8.59. The molecule has 1 heterocycles. The molecular weight excluding hydrogens is 308 g/mol. The second-order valence-corrected chi connectivity index (χ2v) is 4.83. The first-order valence-electron chi connectivity index (χ1n) is 7.43. The summed E-state index contributed by atoms with van der Waals surface area (Å²) in [6, 6.07) is 7.02. The number of allylic oxidation sites excluding steroid dienone is 1. The second kappa shape index (κ2) is 10.7. The molecule has 1 aromatic carbocycles. The number of rotatable bonds is 7. The van der Waals surface area contributed by atoms with Crippen molar-refractivity contribution in [2.45, 2.75) is 18.9 Å². The van der Waals surface area contributed by atoms with E-state index in [1.165, 1.54) is 6.21 Å². The molecule has 0 amide bonds. The topological polar surface area (TPSA) is 139 Å². The van der Waals surface area contributed by atoms with E-state index in [2.05, 4.69) is 10.7 Å². The van der Waals surface area contributed by atoms with E-state index in [9.17, 15) is 4.79 Å². The van der Waals surface area contributed by atoms with E-state index >= 15 is 0 Å². The zero-order valence-corrected chi connectivity index (χ0v) is 13.3. The Bertz CT molecular complexity index is 707. The van der Waals surface area contributed by atoms with Gasteiger partial charge in [-0.15, -0.1) is 0 Å². The Kier molecular flexibility index (Phi) is 8.55. The molecule has 1 atom stereocenters. The zero-order valence-electron chi connectivity index (χ0n) is 13.3. The normalized spacial score (nSPS) is 12.2. The minimum Gasteiger partial charge on any atom is -0.480 e. The van der Waals surface area contributed by atoms with Crippen LogP contribution in [0.15, 0.2) is 46.0 Å². The Morgan fingerprint density at radius 3 is 2.83 bits per heavy atom. The number of benzene rings is 1. The Morgan fingerprint density at radius 1 is 1.42 bits per heavy atom. The Labute approximate surface area is 140 Å². The Hall–Kier alpha value is -2.93. The number of carboxylic acids is 1. The summed E-state index contributed by atoms with van der Waals surface area (Å²) in [5, 5.41) is 15.9. The van der Waals surface area contributed by atoms with E-state index in [1.54, 1.807) is 12.3 Å². The first-order valence-corrected chi connectivity index (χ1v) is 7.43. The number of hydrogen-bond donors (Lipinski definition) is 4. The maximum absolute atomic E-state index is 11.0. The van der Waals surface area contributed by atoms with Crippen LogP contribution in [0.25, 0.3) is 17.0 Å². The molecule has 0 bridgehead atoms. The van der Waals surface area contributed by atoms with E-state index in [0.29, 0.717) is 19.4 Å². The average Bonchev–Trinajstić information content (AvgIpc) is 3.02. The Balaban J connectivity index is 0.000000891. The van der Waals surface area contributed by atoms with Crippen LogP contribution in [0.1, 0.15) is 18.4 Å². The van der Waals surface area contributed by atoms with E-state index in [1.807, 2.05) is 30.3 Å². The number of hydrogen-bond acceptors (Lipinski definition) is 5. The van der Waals surface area contributed by atoms with Crippen LogP contribution in [0.5, 0.6) is 0 Å². The van der Waals surface area contributed by atoms with Crippen molar-refractivity contribution in [3.63, 3.8) is 0 Å². The highest BCUT2D eigenvalue weighted by Crippen LogP contribution is 2.17. The minimum absolute atomic E-state index is 0.453. The molecule has 0 spiro atoms. The molecule has 2 rings (SSSR count). The van der Waals surface area contributed by atoms with Gasteiger partial charge in [0.25, 0.3) is 0 Å². The van der Waals surface area contributed by atoms with Crippen molar-refractivity contribution in [3.05, 3.63) is 42.2 Å². The third-order valence-corrected chi connectivity index (χ3v) is 3.09. The summed E-state index contributed by atoms with van der Waals surface area (Å²) in [5.41, 5.74) is 11.6. The number of aliphatic carboxylic acids is 1. The largest absolute Gasteiger partial charge is 0.480 e.